The number of nitrogens with zero attached hydrogens (tertiary/aromatic N) is 2. The van der Waals surface area contributed by atoms with Gasteiger partial charge in [0.1, 0.15) is 12.1 Å². The Bertz CT molecular complexity index is 1220. The molecule has 0 aliphatic carbocycles. The van der Waals surface area contributed by atoms with Crippen LogP contribution in [-0.4, -0.2) is 33.7 Å². The Labute approximate surface area is 186 Å². The van der Waals surface area contributed by atoms with Crippen LogP contribution >= 0.6 is 11.8 Å². The third kappa shape index (κ3) is 5.41. The molecule has 1 heterocycles. The molecule has 0 saturated carbocycles. The van der Waals surface area contributed by atoms with Gasteiger partial charge in [-0.05, 0) is 29.8 Å². The molecular weight excluding hydrogens is 478 g/mol. The van der Waals surface area contributed by atoms with Gasteiger partial charge in [0.25, 0.3) is 0 Å². The Morgan fingerprint density at radius 2 is 1.79 bits per heavy atom. The van der Waals surface area contributed by atoms with Crippen LogP contribution in [0.1, 0.15) is 27.0 Å². The normalized spacial score (nSPS) is 12.2. The van der Waals surface area contributed by atoms with Crippen LogP contribution in [0.15, 0.2) is 41.6 Å². The molecule has 1 aromatic heterocycles. The largest absolute Gasteiger partial charge is 0.480 e. The number of imidazole rings is 1. The van der Waals surface area contributed by atoms with Crippen molar-refractivity contribution >= 4 is 34.7 Å². The summed E-state index contributed by atoms with van der Waals surface area (Å²) in [6.45, 7) is -0.903. The number of fused-ring (bicyclic) bond motifs is 1. The van der Waals surface area contributed by atoms with E-state index in [4.69, 9.17) is 0 Å². The summed E-state index contributed by atoms with van der Waals surface area (Å²) in [6.07, 6.45) is -10.2. The lowest BCUT2D eigenvalue weighted by molar-refractivity contribution is -0.142. The lowest BCUT2D eigenvalue weighted by Gasteiger charge is -2.13. The van der Waals surface area contributed by atoms with Crippen molar-refractivity contribution in [1.29, 1.82) is 0 Å². The first kappa shape index (κ1) is 24.4. The molecule has 0 fully saturated rings. The average molecular weight is 492 g/mol. The number of carbonyl (C=O) groups is 2. The molecule has 1 N–H and O–H groups in total. The predicted molar refractivity (Wildman–Crippen MR) is 105 cm³/mol. The molecule has 2 aromatic carbocycles. The number of alkyl halides is 6. The van der Waals surface area contributed by atoms with Gasteiger partial charge in [-0.3, -0.25) is 4.79 Å². The van der Waals surface area contributed by atoms with Crippen molar-refractivity contribution in [3.05, 3.63) is 58.7 Å². The number of esters is 1. The van der Waals surface area contributed by atoms with Gasteiger partial charge >= 0.3 is 24.3 Å². The maximum absolute atomic E-state index is 13.5. The Morgan fingerprint density at radius 1 is 1.09 bits per heavy atom. The monoisotopic (exact) mass is 492 g/mol. The third-order valence-corrected chi connectivity index (χ3v) is 5.51. The molecule has 13 heteroatoms. The summed E-state index contributed by atoms with van der Waals surface area (Å²) >= 11 is 0.816. The number of halogens is 6. The predicted octanol–water partition coefficient (Wildman–Crippen LogP) is 5.24. The van der Waals surface area contributed by atoms with E-state index in [0.717, 1.165) is 16.3 Å². The molecule has 176 valence electrons. The fourth-order valence-corrected chi connectivity index (χ4v) is 3.98. The molecule has 3 rings (SSSR count). The fourth-order valence-electron chi connectivity index (χ4n) is 3.03. The zero-order chi connectivity index (χ0) is 24.6. The van der Waals surface area contributed by atoms with E-state index >= 15 is 0 Å². The van der Waals surface area contributed by atoms with Crippen LogP contribution in [-0.2, 0) is 34.2 Å². The number of methoxy groups -OCH3 is 1. The van der Waals surface area contributed by atoms with Crippen molar-refractivity contribution in [3.63, 3.8) is 0 Å². The van der Waals surface area contributed by atoms with Gasteiger partial charge in [-0.25, -0.2) is 9.78 Å². The molecule has 33 heavy (non-hydrogen) atoms. The number of ether oxygens (including phenoxy) is 1. The number of carboxylic acid groups (broad SMARTS) is 1. The highest BCUT2D eigenvalue weighted by atomic mass is 32.2. The second-order valence-electron chi connectivity index (χ2n) is 6.74. The van der Waals surface area contributed by atoms with Gasteiger partial charge in [-0.1, -0.05) is 23.9 Å². The number of hydrogen-bond donors (Lipinski definition) is 1. The molecule has 0 amide bonds. The fraction of sp³-hybridized carbons (Fsp3) is 0.250. The van der Waals surface area contributed by atoms with Crippen molar-refractivity contribution < 1.29 is 45.8 Å². The van der Waals surface area contributed by atoms with Crippen molar-refractivity contribution in [2.45, 2.75) is 29.8 Å². The van der Waals surface area contributed by atoms with Crippen LogP contribution in [0, 0.1) is 0 Å². The smallest absolute Gasteiger partial charge is 0.418 e. The van der Waals surface area contributed by atoms with Gasteiger partial charge in [-0.2, -0.15) is 26.3 Å². The molecule has 0 unspecified atom stereocenters. The highest BCUT2D eigenvalue weighted by Gasteiger charge is 2.39. The number of aliphatic carboxylic acids is 1. The second kappa shape index (κ2) is 8.96. The summed E-state index contributed by atoms with van der Waals surface area (Å²) in [5, 5.41) is 8.96. The molecule has 0 aliphatic heterocycles. The molecule has 6 nitrogen and oxygen atoms in total. The molecule has 0 radical (unpaired) electrons. The molecule has 0 aliphatic rings. The second-order valence-corrected chi connectivity index (χ2v) is 7.68. The molecule has 3 aromatic rings. The van der Waals surface area contributed by atoms with Gasteiger partial charge in [0.05, 0.1) is 29.3 Å². The van der Waals surface area contributed by atoms with Gasteiger partial charge in [0, 0.05) is 5.75 Å². The summed E-state index contributed by atoms with van der Waals surface area (Å²) in [5.41, 5.74) is -3.84. The number of hydrogen-bond acceptors (Lipinski definition) is 5. The Hall–Kier alpha value is -3.22. The highest BCUT2D eigenvalue weighted by molar-refractivity contribution is 7.98. The van der Waals surface area contributed by atoms with Crippen molar-refractivity contribution in [1.82, 2.24) is 9.55 Å². The number of carboxylic acids is 1. The molecule has 0 saturated heterocycles. The minimum atomic E-state index is -5.15. The van der Waals surface area contributed by atoms with Crippen LogP contribution < -0.4 is 0 Å². The van der Waals surface area contributed by atoms with Crippen LogP contribution in [0.2, 0.25) is 0 Å². The van der Waals surface area contributed by atoms with E-state index in [0.29, 0.717) is 11.6 Å². The molecule has 0 spiro atoms. The van der Waals surface area contributed by atoms with E-state index in [9.17, 15) is 41.0 Å². The van der Waals surface area contributed by atoms with E-state index in [1.807, 2.05) is 0 Å². The lowest BCUT2D eigenvalue weighted by Crippen LogP contribution is -2.13. The first-order valence-corrected chi connectivity index (χ1v) is 10.0. The first-order valence-electron chi connectivity index (χ1n) is 9.01. The molecule has 0 bridgehead atoms. The van der Waals surface area contributed by atoms with Crippen LogP contribution in [0.25, 0.3) is 11.0 Å². The quantitative estimate of drug-likeness (QED) is 0.288. The zero-order valence-corrected chi connectivity index (χ0v) is 17.4. The van der Waals surface area contributed by atoms with E-state index in [-0.39, 0.29) is 22.5 Å². The summed E-state index contributed by atoms with van der Waals surface area (Å²) in [4.78, 5) is 26.8. The average Bonchev–Trinajstić information content (AvgIpc) is 3.06. The minimum Gasteiger partial charge on any atom is -0.480 e. The Morgan fingerprint density at radius 3 is 2.36 bits per heavy atom. The number of carbonyl (C=O) groups excluding carboxylic acids is 1. The number of benzene rings is 2. The molecule has 0 atom stereocenters. The van der Waals surface area contributed by atoms with Crippen LogP contribution in [0.3, 0.4) is 0 Å². The van der Waals surface area contributed by atoms with Gasteiger partial charge < -0.3 is 14.4 Å². The summed E-state index contributed by atoms with van der Waals surface area (Å²) < 4.78 is 85.6. The SMILES string of the molecule is COC(=O)c1cccc(CSc2nc3c(C(F)(F)F)cc(C(F)(F)F)cc3n2CC(=O)O)c1. The Balaban J connectivity index is 2.11. The maximum atomic E-state index is 13.5. The third-order valence-electron chi connectivity index (χ3n) is 4.46. The van der Waals surface area contributed by atoms with Crippen LogP contribution in [0.5, 0.6) is 0 Å². The highest BCUT2D eigenvalue weighted by Crippen LogP contribution is 2.41. The van der Waals surface area contributed by atoms with Gasteiger partial charge in [-0.15, -0.1) is 0 Å². The topological polar surface area (TPSA) is 81.4 Å². The number of rotatable bonds is 6. The van der Waals surface area contributed by atoms with Gasteiger partial charge in [0.15, 0.2) is 5.16 Å². The maximum Gasteiger partial charge on any atom is 0.418 e. The van der Waals surface area contributed by atoms with Crippen molar-refractivity contribution in [3.8, 4) is 0 Å². The van der Waals surface area contributed by atoms with E-state index in [1.165, 1.54) is 19.2 Å². The van der Waals surface area contributed by atoms with Gasteiger partial charge in [0.2, 0.25) is 0 Å². The lowest BCUT2D eigenvalue weighted by atomic mass is 10.1. The minimum absolute atomic E-state index is 0.0429. The van der Waals surface area contributed by atoms with E-state index < -0.39 is 53.0 Å². The standard InChI is InChI=1S/C20H14F6N2O4S/c1-32-17(31)11-4-2-3-10(5-11)9-33-18-27-16-13(20(24,25)26)6-12(19(21,22)23)7-14(16)28(18)8-15(29)30/h2-7H,8-9H2,1H3,(H,29,30). The van der Waals surface area contributed by atoms with E-state index in [2.05, 4.69) is 9.72 Å². The zero-order valence-electron chi connectivity index (χ0n) is 16.6. The molecular formula is C20H14F6N2O4S. The van der Waals surface area contributed by atoms with E-state index in [1.54, 1.807) is 12.1 Å². The van der Waals surface area contributed by atoms with Crippen molar-refractivity contribution in [2.24, 2.45) is 0 Å². The summed E-state index contributed by atoms with van der Waals surface area (Å²) in [6, 6.07) is 6.49. The number of aromatic nitrogens is 2. The van der Waals surface area contributed by atoms with Crippen molar-refractivity contribution in [2.75, 3.05) is 7.11 Å². The van der Waals surface area contributed by atoms with Crippen LogP contribution in [0.4, 0.5) is 26.3 Å². The first-order chi connectivity index (χ1) is 15.3. The summed E-state index contributed by atoms with van der Waals surface area (Å²) in [5.74, 6) is -2.05. The summed E-state index contributed by atoms with van der Waals surface area (Å²) in [7, 11) is 1.19. The number of thioether (sulfide) groups is 1. The Kier molecular flexibility index (Phi) is 6.63.